The highest BCUT2D eigenvalue weighted by Gasteiger charge is 2.34. The minimum atomic E-state index is -0.502. The fourth-order valence-corrected chi connectivity index (χ4v) is 1.66. The van der Waals surface area contributed by atoms with Crippen molar-refractivity contribution in [3.63, 3.8) is 0 Å². The third kappa shape index (κ3) is 2.55. The van der Waals surface area contributed by atoms with Crippen LogP contribution in [0.25, 0.3) is 0 Å². The monoisotopic (exact) mass is 212 g/mol. The van der Waals surface area contributed by atoms with Crippen molar-refractivity contribution < 1.29 is 14.4 Å². The van der Waals surface area contributed by atoms with Crippen molar-refractivity contribution in [2.75, 3.05) is 20.1 Å². The predicted molar refractivity (Wildman–Crippen MR) is 54.1 cm³/mol. The van der Waals surface area contributed by atoms with E-state index in [4.69, 9.17) is 0 Å². The Morgan fingerprint density at radius 3 is 2.53 bits per heavy atom. The van der Waals surface area contributed by atoms with Crippen LogP contribution in [-0.2, 0) is 14.4 Å². The molecule has 2 amide bonds. The molecule has 1 unspecified atom stereocenters. The standard InChI is InChI=1S/C10H16N2O3/c1-7-6-11(3)9(14)10(15)12(7)5-4-8(2)13/h7H,4-6H2,1-3H3. The first-order valence-corrected chi connectivity index (χ1v) is 4.99. The average molecular weight is 212 g/mol. The van der Waals surface area contributed by atoms with Gasteiger partial charge in [-0.1, -0.05) is 0 Å². The second-order valence-corrected chi connectivity index (χ2v) is 3.99. The normalized spacial score (nSPS) is 22.2. The van der Waals surface area contributed by atoms with Crippen molar-refractivity contribution in [1.29, 1.82) is 0 Å². The molecule has 1 fully saturated rings. The number of amides is 2. The second kappa shape index (κ2) is 4.42. The number of ketones is 1. The first-order valence-electron chi connectivity index (χ1n) is 4.99. The Morgan fingerprint density at radius 2 is 2.00 bits per heavy atom. The zero-order valence-corrected chi connectivity index (χ0v) is 9.32. The van der Waals surface area contributed by atoms with Crippen molar-refractivity contribution in [2.24, 2.45) is 0 Å². The highest BCUT2D eigenvalue weighted by Crippen LogP contribution is 2.10. The molecule has 15 heavy (non-hydrogen) atoms. The van der Waals surface area contributed by atoms with E-state index in [0.29, 0.717) is 19.5 Å². The molecule has 0 N–H and O–H groups in total. The lowest BCUT2D eigenvalue weighted by molar-refractivity contribution is -0.157. The zero-order chi connectivity index (χ0) is 11.6. The summed E-state index contributed by atoms with van der Waals surface area (Å²) in [6.45, 7) is 4.23. The molecule has 5 nitrogen and oxygen atoms in total. The Balaban J connectivity index is 2.66. The molecular weight excluding hydrogens is 196 g/mol. The Morgan fingerprint density at radius 1 is 1.40 bits per heavy atom. The Hall–Kier alpha value is -1.39. The van der Waals surface area contributed by atoms with Crippen molar-refractivity contribution in [2.45, 2.75) is 26.3 Å². The van der Waals surface area contributed by atoms with Gasteiger partial charge < -0.3 is 9.80 Å². The van der Waals surface area contributed by atoms with Crippen LogP contribution >= 0.6 is 0 Å². The van der Waals surface area contributed by atoms with Crippen LogP contribution in [0.4, 0.5) is 0 Å². The molecular formula is C10H16N2O3. The molecule has 1 aliphatic rings. The molecule has 0 aromatic rings. The van der Waals surface area contributed by atoms with Crippen LogP contribution in [0.5, 0.6) is 0 Å². The van der Waals surface area contributed by atoms with Gasteiger partial charge in [-0.3, -0.25) is 14.4 Å². The van der Waals surface area contributed by atoms with Crippen molar-refractivity contribution in [1.82, 2.24) is 9.80 Å². The number of hydrogen-bond acceptors (Lipinski definition) is 3. The molecule has 0 aromatic carbocycles. The van der Waals surface area contributed by atoms with Gasteiger partial charge in [0.1, 0.15) is 5.78 Å². The number of carbonyl (C=O) groups excluding carboxylic acids is 3. The maximum Gasteiger partial charge on any atom is 0.312 e. The number of hydrogen-bond donors (Lipinski definition) is 0. The predicted octanol–water partition coefficient (Wildman–Crippen LogP) is -0.345. The molecule has 5 heteroatoms. The second-order valence-electron chi connectivity index (χ2n) is 3.99. The molecule has 1 rings (SSSR count). The largest absolute Gasteiger partial charge is 0.335 e. The third-order valence-corrected chi connectivity index (χ3v) is 2.57. The maximum absolute atomic E-state index is 11.6. The fourth-order valence-electron chi connectivity index (χ4n) is 1.66. The van der Waals surface area contributed by atoms with Gasteiger partial charge in [0.05, 0.1) is 0 Å². The SMILES string of the molecule is CC(=O)CCN1C(=O)C(=O)N(C)CC1C. The molecule has 1 atom stereocenters. The minimum Gasteiger partial charge on any atom is -0.335 e. The number of carbonyl (C=O) groups is 3. The van der Waals surface area contributed by atoms with E-state index >= 15 is 0 Å². The highest BCUT2D eigenvalue weighted by atomic mass is 16.2. The van der Waals surface area contributed by atoms with Gasteiger partial charge >= 0.3 is 11.8 Å². The Kier molecular flexibility index (Phi) is 3.44. The van der Waals surface area contributed by atoms with Gasteiger partial charge in [0.15, 0.2) is 0 Å². The number of likely N-dealkylation sites (N-methyl/N-ethyl adjacent to an activating group) is 1. The first-order chi connectivity index (χ1) is 6.93. The van der Waals surface area contributed by atoms with Crippen LogP contribution in [-0.4, -0.2) is 53.6 Å². The quantitative estimate of drug-likeness (QED) is 0.601. The van der Waals surface area contributed by atoms with Gasteiger partial charge in [-0.25, -0.2) is 0 Å². The van der Waals surface area contributed by atoms with Gasteiger partial charge in [-0.05, 0) is 13.8 Å². The molecule has 0 radical (unpaired) electrons. The van der Waals surface area contributed by atoms with E-state index in [2.05, 4.69) is 0 Å². The summed E-state index contributed by atoms with van der Waals surface area (Å²) in [6, 6.07) is -0.0143. The lowest BCUT2D eigenvalue weighted by atomic mass is 10.1. The van der Waals surface area contributed by atoms with Gasteiger partial charge in [0.25, 0.3) is 0 Å². The summed E-state index contributed by atoms with van der Waals surface area (Å²) in [6.07, 6.45) is 0.313. The number of Topliss-reactive ketones (excluding diaryl/α,β-unsaturated/α-hetero) is 1. The van der Waals surface area contributed by atoms with Gasteiger partial charge in [-0.2, -0.15) is 0 Å². The van der Waals surface area contributed by atoms with E-state index in [0.717, 1.165) is 0 Å². The summed E-state index contributed by atoms with van der Waals surface area (Å²) in [7, 11) is 1.61. The van der Waals surface area contributed by atoms with Gasteiger partial charge in [-0.15, -0.1) is 0 Å². The summed E-state index contributed by atoms with van der Waals surface area (Å²) in [5, 5.41) is 0. The topological polar surface area (TPSA) is 57.7 Å². The van der Waals surface area contributed by atoms with Crippen LogP contribution < -0.4 is 0 Å². The first kappa shape index (κ1) is 11.7. The molecule has 1 saturated heterocycles. The molecule has 84 valence electrons. The summed E-state index contributed by atoms with van der Waals surface area (Å²) in [5.74, 6) is -0.962. The smallest absolute Gasteiger partial charge is 0.312 e. The summed E-state index contributed by atoms with van der Waals surface area (Å²) in [4.78, 5) is 36.7. The molecule has 0 spiro atoms. The van der Waals surface area contributed by atoms with Gasteiger partial charge in [0, 0.05) is 32.6 Å². The van der Waals surface area contributed by atoms with Crippen LogP contribution in [0, 0.1) is 0 Å². The van der Waals surface area contributed by atoms with E-state index in [1.54, 1.807) is 7.05 Å². The Labute approximate surface area is 89.0 Å². The van der Waals surface area contributed by atoms with E-state index in [-0.39, 0.29) is 11.8 Å². The van der Waals surface area contributed by atoms with Crippen LogP contribution in [0.15, 0.2) is 0 Å². The van der Waals surface area contributed by atoms with Crippen LogP contribution in [0.2, 0.25) is 0 Å². The number of rotatable bonds is 3. The fraction of sp³-hybridized carbons (Fsp3) is 0.700. The van der Waals surface area contributed by atoms with Crippen molar-refractivity contribution in [3.05, 3.63) is 0 Å². The average Bonchev–Trinajstić information content (AvgIpc) is 2.14. The molecule has 0 saturated carbocycles. The maximum atomic E-state index is 11.6. The highest BCUT2D eigenvalue weighted by molar-refractivity contribution is 6.35. The molecule has 0 aliphatic carbocycles. The van der Waals surface area contributed by atoms with E-state index in [1.807, 2.05) is 6.92 Å². The number of nitrogens with zero attached hydrogens (tertiary/aromatic N) is 2. The summed E-state index contributed by atoms with van der Waals surface area (Å²) in [5.41, 5.74) is 0. The van der Waals surface area contributed by atoms with Crippen molar-refractivity contribution >= 4 is 17.6 Å². The van der Waals surface area contributed by atoms with Crippen molar-refractivity contribution in [3.8, 4) is 0 Å². The summed E-state index contributed by atoms with van der Waals surface area (Å²) >= 11 is 0. The van der Waals surface area contributed by atoms with Crippen LogP contribution in [0.1, 0.15) is 20.3 Å². The third-order valence-electron chi connectivity index (χ3n) is 2.57. The van der Waals surface area contributed by atoms with Crippen LogP contribution in [0.3, 0.4) is 0 Å². The zero-order valence-electron chi connectivity index (χ0n) is 9.32. The molecule has 1 aliphatic heterocycles. The van der Waals surface area contributed by atoms with Gasteiger partial charge in [0.2, 0.25) is 0 Å². The summed E-state index contributed by atoms with van der Waals surface area (Å²) < 4.78 is 0. The molecule has 0 bridgehead atoms. The molecule has 0 aromatic heterocycles. The Bertz CT molecular complexity index is 301. The lowest BCUT2D eigenvalue weighted by Gasteiger charge is -2.37. The lowest BCUT2D eigenvalue weighted by Crippen LogP contribution is -2.57. The van der Waals surface area contributed by atoms with E-state index in [1.165, 1.54) is 16.7 Å². The number of piperazine rings is 1. The van der Waals surface area contributed by atoms with E-state index in [9.17, 15) is 14.4 Å². The van der Waals surface area contributed by atoms with E-state index < -0.39 is 11.8 Å². The minimum absolute atomic E-state index is 0.0143. The molecule has 1 heterocycles.